The van der Waals surface area contributed by atoms with E-state index in [1.807, 2.05) is 20.8 Å². The van der Waals surface area contributed by atoms with Crippen molar-refractivity contribution in [1.82, 2.24) is 19.3 Å². The zero-order valence-corrected chi connectivity index (χ0v) is 20.8. The second-order valence-electron chi connectivity index (χ2n) is 9.42. The maximum absolute atomic E-state index is 14.8. The van der Waals surface area contributed by atoms with Gasteiger partial charge in [0.05, 0.1) is 39.9 Å². The number of halogens is 2. The van der Waals surface area contributed by atoms with Crippen molar-refractivity contribution < 1.29 is 13.6 Å². The van der Waals surface area contributed by atoms with Crippen LogP contribution in [0.25, 0.3) is 22.0 Å². The third kappa shape index (κ3) is 4.51. The van der Waals surface area contributed by atoms with E-state index in [0.29, 0.717) is 34.2 Å². The van der Waals surface area contributed by atoms with Crippen molar-refractivity contribution in [2.45, 2.75) is 33.2 Å². The number of pyridine rings is 2. The topological polar surface area (TPSA) is 106 Å². The zero-order chi connectivity index (χ0) is 26.4. The number of nitrogens with one attached hydrogen (secondary N) is 3. The smallest absolute Gasteiger partial charge is 0.323 e. The standard InChI is InChI=1S/C25H27F2N7O2/c1-13-20(12-30-34(13)25(2,3)4)32-24(36)31-19-8-15(17(26)9-18(19)27)16-7-14-11-29-22(28-5)10-21(14)33(6)23(16)35/h7-12H,1-6H3,(H,28,29)(H2,31,32,36). The van der Waals surface area contributed by atoms with Gasteiger partial charge in [0.1, 0.15) is 17.5 Å². The van der Waals surface area contributed by atoms with Gasteiger partial charge in [-0.3, -0.25) is 9.48 Å². The third-order valence-electron chi connectivity index (χ3n) is 5.85. The molecule has 1 aromatic carbocycles. The number of carbonyl (C=O) groups excluding carboxylic acids is 1. The molecule has 0 unspecified atom stereocenters. The number of rotatable bonds is 4. The van der Waals surface area contributed by atoms with Gasteiger partial charge in [0.25, 0.3) is 5.56 Å². The van der Waals surface area contributed by atoms with Crippen LogP contribution < -0.4 is 21.5 Å². The molecule has 0 saturated carbocycles. The minimum atomic E-state index is -0.980. The first-order valence-corrected chi connectivity index (χ1v) is 11.2. The number of hydrogen-bond acceptors (Lipinski definition) is 5. The molecule has 4 aromatic rings. The molecule has 0 bridgehead atoms. The predicted molar refractivity (Wildman–Crippen MR) is 136 cm³/mol. The summed E-state index contributed by atoms with van der Waals surface area (Å²) in [5, 5.41) is 12.8. The molecule has 11 heteroatoms. The third-order valence-corrected chi connectivity index (χ3v) is 5.85. The van der Waals surface area contributed by atoms with Gasteiger partial charge in [-0.15, -0.1) is 0 Å². The van der Waals surface area contributed by atoms with E-state index in [9.17, 15) is 18.4 Å². The maximum Gasteiger partial charge on any atom is 0.323 e. The van der Waals surface area contributed by atoms with Crippen LogP contribution in [0.2, 0.25) is 0 Å². The number of benzene rings is 1. The van der Waals surface area contributed by atoms with Gasteiger partial charge in [0, 0.05) is 43.4 Å². The monoisotopic (exact) mass is 495 g/mol. The highest BCUT2D eigenvalue weighted by atomic mass is 19.1. The highest BCUT2D eigenvalue weighted by Gasteiger charge is 2.21. The molecule has 3 aromatic heterocycles. The first kappa shape index (κ1) is 24.8. The molecule has 0 aliphatic carbocycles. The molecule has 0 radical (unpaired) electrons. The molecule has 3 heterocycles. The first-order valence-electron chi connectivity index (χ1n) is 11.2. The Morgan fingerprint density at radius 3 is 2.31 bits per heavy atom. The van der Waals surface area contributed by atoms with Crippen LogP contribution in [-0.4, -0.2) is 32.4 Å². The Balaban J connectivity index is 1.69. The van der Waals surface area contributed by atoms with E-state index in [2.05, 4.69) is 26.0 Å². The number of aromatic nitrogens is 4. The summed E-state index contributed by atoms with van der Waals surface area (Å²) in [5.74, 6) is -1.34. The van der Waals surface area contributed by atoms with E-state index >= 15 is 0 Å². The van der Waals surface area contributed by atoms with E-state index in [-0.39, 0.29) is 22.4 Å². The molecule has 0 atom stereocenters. The van der Waals surface area contributed by atoms with E-state index in [4.69, 9.17) is 0 Å². The molecule has 3 N–H and O–H groups in total. The Morgan fingerprint density at radius 1 is 0.972 bits per heavy atom. The van der Waals surface area contributed by atoms with Gasteiger partial charge >= 0.3 is 6.03 Å². The van der Waals surface area contributed by atoms with Gasteiger partial charge in [0.15, 0.2) is 0 Å². The van der Waals surface area contributed by atoms with Crippen molar-refractivity contribution in [2.24, 2.45) is 7.05 Å². The van der Waals surface area contributed by atoms with Crippen LogP contribution in [0.1, 0.15) is 26.5 Å². The molecule has 2 amide bonds. The van der Waals surface area contributed by atoms with Gasteiger partial charge in [-0.1, -0.05) is 0 Å². The number of hydrogen-bond donors (Lipinski definition) is 3. The van der Waals surface area contributed by atoms with Gasteiger partial charge in [-0.25, -0.2) is 18.6 Å². The van der Waals surface area contributed by atoms with E-state index in [1.54, 1.807) is 38.0 Å². The van der Waals surface area contributed by atoms with Crippen LogP contribution in [0.4, 0.5) is 30.8 Å². The fourth-order valence-electron chi connectivity index (χ4n) is 4.03. The van der Waals surface area contributed by atoms with E-state index in [0.717, 1.165) is 6.07 Å². The number of carbonyl (C=O) groups is 1. The van der Waals surface area contributed by atoms with Gasteiger partial charge in [-0.2, -0.15) is 5.10 Å². The maximum atomic E-state index is 14.8. The largest absolute Gasteiger partial charge is 0.373 e. The molecular formula is C25H27F2N7O2. The number of aryl methyl sites for hydroxylation is 1. The molecule has 0 saturated heterocycles. The molecule has 9 nitrogen and oxygen atoms in total. The van der Waals surface area contributed by atoms with Crippen molar-refractivity contribution in [3.8, 4) is 11.1 Å². The fraction of sp³-hybridized carbons (Fsp3) is 0.280. The average molecular weight is 496 g/mol. The molecular weight excluding hydrogens is 468 g/mol. The number of amides is 2. The quantitative estimate of drug-likeness (QED) is 0.376. The average Bonchev–Trinajstić information content (AvgIpc) is 3.18. The molecule has 0 fully saturated rings. The van der Waals surface area contributed by atoms with E-state index in [1.165, 1.54) is 16.8 Å². The summed E-state index contributed by atoms with van der Waals surface area (Å²) in [6, 6.07) is 4.20. The van der Waals surface area contributed by atoms with Crippen LogP contribution in [-0.2, 0) is 12.6 Å². The highest BCUT2D eigenvalue weighted by molar-refractivity contribution is 6.00. The van der Waals surface area contributed by atoms with Gasteiger partial charge in [-0.05, 0) is 39.8 Å². The molecule has 0 aliphatic rings. The SMILES string of the molecule is CNc1cc2c(cn1)cc(-c1cc(NC(=O)Nc3cnn(C(C)(C)C)c3C)c(F)cc1F)c(=O)n2C. The number of fused-ring (bicyclic) bond motifs is 1. The Bertz CT molecular complexity index is 1550. The summed E-state index contributed by atoms with van der Waals surface area (Å²) in [4.78, 5) is 29.9. The Morgan fingerprint density at radius 2 is 1.67 bits per heavy atom. The van der Waals surface area contributed by atoms with E-state index < -0.39 is 23.2 Å². The molecule has 4 rings (SSSR count). The van der Waals surface area contributed by atoms with Crippen molar-refractivity contribution in [2.75, 3.05) is 23.0 Å². The van der Waals surface area contributed by atoms with Crippen LogP contribution in [0.15, 0.2) is 41.5 Å². The molecule has 188 valence electrons. The summed E-state index contributed by atoms with van der Waals surface area (Å²) in [6.07, 6.45) is 3.05. The van der Waals surface area contributed by atoms with Crippen molar-refractivity contribution >= 4 is 34.1 Å². The summed E-state index contributed by atoms with van der Waals surface area (Å²) < 4.78 is 32.6. The lowest BCUT2D eigenvalue weighted by atomic mass is 10.0. The highest BCUT2D eigenvalue weighted by Crippen LogP contribution is 2.29. The summed E-state index contributed by atoms with van der Waals surface area (Å²) >= 11 is 0. The Labute approximate surface area is 206 Å². The first-order chi connectivity index (χ1) is 16.9. The van der Waals surface area contributed by atoms with Crippen molar-refractivity contribution in [3.05, 3.63) is 64.3 Å². The second kappa shape index (κ2) is 9.06. The lowest BCUT2D eigenvalue weighted by Gasteiger charge is -2.21. The fourth-order valence-corrected chi connectivity index (χ4v) is 4.03. The summed E-state index contributed by atoms with van der Waals surface area (Å²) in [5.41, 5.74) is 0.548. The van der Waals surface area contributed by atoms with Crippen LogP contribution in [0.3, 0.4) is 0 Å². The Hall–Kier alpha value is -4.28. The second-order valence-corrected chi connectivity index (χ2v) is 9.42. The predicted octanol–water partition coefficient (Wildman–Crippen LogP) is 4.82. The van der Waals surface area contributed by atoms with Crippen LogP contribution in [0.5, 0.6) is 0 Å². The number of urea groups is 1. The van der Waals surface area contributed by atoms with Crippen LogP contribution in [0, 0.1) is 18.6 Å². The normalized spacial score (nSPS) is 11.6. The lowest BCUT2D eigenvalue weighted by Crippen LogP contribution is -2.25. The minimum absolute atomic E-state index is 0.00673. The zero-order valence-electron chi connectivity index (χ0n) is 20.8. The molecule has 0 spiro atoms. The Kier molecular flexibility index (Phi) is 6.25. The lowest BCUT2D eigenvalue weighted by molar-refractivity contribution is 0.262. The van der Waals surface area contributed by atoms with Crippen molar-refractivity contribution in [1.29, 1.82) is 0 Å². The molecule has 36 heavy (non-hydrogen) atoms. The summed E-state index contributed by atoms with van der Waals surface area (Å²) in [7, 11) is 3.26. The molecule has 0 aliphatic heterocycles. The number of anilines is 3. The number of nitrogens with zero attached hydrogens (tertiary/aromatic N) is 4. The minimum Gasteiger partial charge on any atom is -0.373 e. The van der Waals surface area contributed by atoms with Crippen molar-refractivity contribution in [3.63, 3.8) is 0 Å². The van der Waals surface area contributed by atoms with Gasteiger partial charge in [0.2, 0.25) is 0 Å². The van der Waals surface area contributed by atoms with Crippen LogP contribution >= 0.6 is 0 Å². The summed E-state index contributed by atoms with van der Waals surface area (Å²) in [6.45, 7) is 7.71. The van der Waals surface area contributed by atoms with Gasteiger partial charge < -0.3 is 20.5 Å².